The molecule has 0 radical (unpaired) electrons. The lowest BCUT2D eigenvalue weighted by Gasteiger charge is -2.21. The second kappa shape index (κ2) is 19.8. The summed E-state index contributed by atoms with van der Waals surface area (Å²) in [6.07, 6.45) is 2.46. The monoisotopic (exact) mass is 814 g/mol. The van der Waals surface area contributed by atoms with Crippen LogP contribution in [0.3, 0.4) is 0 Å². The third-order valence-corrected chi connectivity index (χ3v) is 11.7. The van der Waals surface area contributed by atoms with Gasteiger partial charge in [0, 0.05) is 81.9 Å². The highest BCUT2D eigenvalue weighted by Gasteiger charge is 2.42. The Balaban J connectivity index is 0.738. The number of nitrogens with zero attached hydrogens (tertiary/aromatic N) is 2. The van der Waals surface area contributed by atoms with Gasteiger partial charge in [-0.25, -0.2) is 4.79 Å². The Labute approximate surface area is 349 Å². The van der Waals surface area contributed by atoms with E-state index in [0.717, 1.165) is 54.7 Å². The van der Waals surface area contributed by atoms with Gasteiger partial charge in [0.25, 0.3) is 0 Å². The van der Waals surface area contributed by atoms with Gasteiger partial charge in [0.05, 0.1) is 17.3 Å². The molecule has 6 N–H and O–H groups in total. The van der Waals surface area contributed by atoms with Gasteiger partial charge < -0.3 is 40.4 Å². The number of hydrogen-bond acceptors (Lipinski definition) is 9. The maximum atomic E-state index is 12.9. The number of phenols is 1. The second-order valence-corrected chi connectivity index (χ2v) is 16.0. The number of para-hydroxylation sites is 1. The van der Waals surface area contributed by atoms with Crippen LogP contribution in [0.5, 0.6) is 5.75 Å². The summed E-state index contributed by atoms with van der Waals surface area (Å²) in [7, 11) is 1.82. The van der Waals surface area contributed by atoms with E-state index in [2.05, 4.69) is 25.8 Å². The van der Waals surface area contributed by atoms with Gasteiger partial charge in [0.2, 0.25) is 17.4 Å². The maximum absolute atomic E-state index is 12.9. The number of carbonyl (C=O) groups excluding carboxylic acids is 3. The van der Waals surface area contributed by atoms with Crippen molar-refractivity contribution in [3.63, 3.8) is 0 Å². The summed E-state index contributed by atoms with van der Waals surface area (Å²) in [6, 6.07) is 31.2. The molecule has 13 nitrogen and oxygen atoms in total. The van der Waals surface area contributed by atoms with Crippen molar-refractivity contribution in [1.29, 1.82) is 0 Å². The fourth-order valence-corrected chi connectivity index (χ4v) is 8.52. The molecular formula is C47H54N6O7. The molecule has 3 amide bonds. The molecule has 60 heavy (non-hydrogen) atoms. The normalized spacial score (nSPS) is 17.9. The van der Waals surface area contributed by atoms with Crippen molar-refractivity contribution in [3.05, 3.63) is 125 Å². The summed E-state index contributed by atoms with van der Waals surface area (Å²) in [5, 5.41) is 30.6. The average Bonchev–Trinajstić information content (AvgIpc) is 3.81. The Morgan fingerprint density at radius 2 is 1.60 bits per heavy atom. The molecule has 4 aromatic carbocycles. The van der Waals surface area contributed by atoms with Gasteiger partial charge in [-0.05, 0) is 84.5 Å². The van der Waals surface area contributed by atoms with E-state index in [1.807, 2.05) is 85.9 Å². The van der Waals surface area contributed by atoms with Crippen LogP contribution in [-0.2, 0) is 20.9 Å². The van der Waals surface area contributed by atoms with Crippen LogP contribution in [0.2, 0.25) is 0 Å². The predicted molar refractivity (Wildman–Crippen MR) is 233 cm³/mol. The molecule has 1 saturated carbocycles. The molecule has 4 atom stereocenters. The van der Waals surface area contributed by atoms with Gasteiger partial charge in [-0.3, -0.25) is 19.7 Å². The summed E-state index contributed by atoms with van der Waals surface area (Å²) in [5.74, 6) is 0.867. The van der Waals surface area contributed by atoms with Crippen LogP contribution in [0.4, 0.5) is 16.2 Å². The van der Waals surface area contributed by atoms with Crippen molar-refractivity contribution >= 4 is 40.2 Å². The molecule has 1 aromatic heterocycles. The highest BCUT2D eigenvalue weighted by Crippen LogP contribution is 2.40. The van der Waals surface area contributed by atoms with Crippen molar-refractivity contribution in [2.75, 3.05) is 50.4 Å². The van der Waals surface area contributed by atoms with E-state index in [9.17, 15) is 29.4 Å². The number of likely N-dealkylation sites (tertiary alicyclic amines) is 1. The minimum atomic E-state index is -0.860. The molecule has 0 bridgehead atoms. The molecule has 2 unspecified atom stereocenters. The SMILES string of the molecule is CN(CCCCC(=O)Nc1ccc(CNC[C@H](O)c2ccc(O)c3[nH]c(=O)ccc23)cc1)C(=O)CCN1CC2CC(OC(=O)Nc3ccccc3-c3ccccc3)C[C@@H]2C1. The third-order valence-electron chi connectivity index (χ3n) is 11.7. The number of benzene rings is 4. The van der Waals surface area contributed by atoms with Gasteiger partial charge in [0.1, 0.15) is 11.9 Å². The Hall–Kier alpha value is -6.02. The zero-order valence-electron chi connectivity index (χ0n) is 33.9. The van der Waals surface area contributed by atoms with E-state index in [4.69, 9.17) is 4.74 Å². The molecule has 2 aliphatic rings. The molecule has 1 saturated heterocycles. The predicted octanol–water partition coefficient (Wildman–Crippen LogP) is 6.64. The first kappa shape index (κ1) is 42.1. The molecule has 314 valence electrons. The highest BCUT2D eigenvalue weighted by atomic mass is 16.6. The van der Waals surface area contributed by atoms with Crippen molar-refractivity contribution in [3.8, 4) is 16.9 Å². The zero-order chi connectivity index (χ0) is 42.0. The summed E-state index contributed by atoms with van der Waals surface area (Å²) >= 11 is 0. The molecule has 1 aliphatic carbocycles. The number of rotatable bonds is 17. The Morgan fingerprint density at radius 3 is 2.37 bits per heavy atom. The van der Waals surface area contributed by atoms with Crippen molar-refractivity contribution in [1.82, 2.24) is 20.1 Å². The number of aromatic hydroxyl groups is 1. The summed E-state index contributed by atoms with van der Waals surface area (Å²) in [6.45, 7) is 3.86. The number of fused-ring (bicyclic) bond motifs is 2. The van der Waals surface area contributed by atoms with E-state index in [-0.39, 0.29) is 35.8 Å². The Bertz CT molecular complexity index is 2300. The first-order valence-electron chi connectivity index (χ1n) is 20.8. The molecule has 2 fully saturated rings. The van der Waals surface area contributed by atoms with Crippen LogP contribution in [-0.4, -0.2) is 88.8 Å². The van der Waals surface area contributed by atoms with E-state index in [1.54, 1.807) is 17.0 Å². The van der Waals surface area contributed by atoms with Gasteiger partial charge in [-0.2, -0.15) is 0 Å². The third kappa shape index (κ3) is 11.0. The number of aromatic amines is 1. The number of amides is 3. The lowest BCUT2D eigenvalue weighted by molar-refractivity contribution is -0.130. The number of aliphatic hydroxyl groups excluding tert-OH is 1. The van der Waals surface area contributed by atoms with Gasteiger partial charge in [-0.1, -0.05) is 66.7 Å². The zero-order valence-corrected chi connectivity index (χ0v) is 33.9. The minimum absolute atomic E-state index is 0.0552. The van der Waals surface area contributed by atoms with Gasteiger partial charge in [0.15, 0.2) is 0 Å². The summed E-state index contributed by atoms with van der Waals surface area (Å²) < 4.78 is 5.87. The largest absolute Gasteiger partial charge is 0.506 e. The fraction of sp³-hybridized carbons (Fsp3) is 0.362. The molecule has 0 spiro atoms. The van der Waals surface area contributed by atoms with Gasteiger partial charge >= 0.3 is 6.09 Å². The quantitative estimate of drug-likeness (QED) is 0.0562. The average molecular weight is 815 g/mol. The number of unbranched alkanes of at least 4 members (excludes halogenated alkanes) is 1. The summed E-state index contributed by atoms with van der Waals surface area (Å²) in [5.41, 5.74) is 4.93. The number of nitrogens with one attached hydrogen (secondary N) is 4. The van der Waals surface area contributed by atoms with E-state index < -0.39 is 12.2 Å². The van der Waals surface area contributed by atoms with Crippen LogP contribution in [0.25, 0.3) is 22.0 Å². The van der Waals surface area contributed by atoms with Crippen LogP contribution in [0.15, 0.2) is 108 Å². The number of pyridine rings is 1. The highest BCUT2D eigenvalue weighted by molar-refractivity contribution is 5.92. The van der Waals surface area contributed by atoms with Gasteiger partial charge in [-0.15, -0.1) is 0 Å². The smallest absolute Gasteiger partial charge is 0.411 e. The standard InChI is InChI=1S/C47H54N6O7/c1-52(45(58)22-24-53-29-33-25-36(26-34(33)30-53)60-47(59)50-40-12-6-5-11-37(40)32-9-3-2-4-10-32)23-8-7-13-43(56)49-35-16-14-31(15-17-35)27-48-28-42(55)38-18-20-41(54)46-39(38)19-21-44(57)51-46/h2-6,9-12,14-21,33-34,36,42,48,54-55H,7-8,13,22-30H2,1H3,(H,49,56)(H,50,59)(H,51,57)/t33-,34?,36?,42+/m1/s1. The maximum Gasteiger partial charge on any atom is 0.411 e. The molecule has 5 aromatic rings. The number of phenolic OH excluding ortho intramolecular Hbond substituents is 1. The Morgan fingerprint density at radius 1 is 0.867 bits per heavy atom. The number of aliphatic hydroxyl groups is 1. The molecule has 13 heteroatoms. The molecule has 7 rings (SSSR count). The molecule has 1 aliphatic heterocycles. The van der Waals surface area contributed by atoms with Crippen LogP contribution in [0, 0.1) is 11.8 Å². The number of ether oxygens (including phenoxy) is 1. The van der Waals surface area contributed by atoms with Crippen LogP contribution >= 0.6 is 0 Å². The number of carbonyl (C=O) groups is 3. The molecular weight excluding hydrogens is 761 g/mol. The lowest BCUT2D eigenvalue weighted by atomic mass is 10.0. The van der Waals surface area contributed by atoms with Crippen LogP contribution < -0.4 is 21.5 Å². The van der Waals surface area contributed by atoms with Crippen molar-refractivity contribution in [2.45, 2.75) is 57.3 Å². The van der Waals surface area contributed by atoms with Crippen LogP contribution in [0.1, 0.15) is 55.8 Å². The number of anilines is 2. The number of hydrogen-bond donors (Lipinski definition) is 6. The van der Waals surface area contributed by atoms with E-state index in [1.165, 1.54) is 12.1 Å². The first-order chi connectivity index (χ1) is 29.1. The topological polar surface area (TPSA) is 176 Å². The lowest BCUT2D eigenvalue weighted by Crippen LogP contribution is -2.33. The van der Waals surface area contributed by atoms with E-state index in [0.29, 0.717) is 72.9 Å². The number of aromatic nitrogens is 1. The summed E-state index contributed by atoms with van der Waals surface area (Å²) in [4.78, 5) is 56.9. The fourth-order valence-electron chi connectivity index (χ4n) is 8.52. The second-order valence-electron chi connectivity index (χ2n) is 16.0. The van der Waals surface area contributed by atoms with Crippen molar-refractivity contribution < 1.29 is 29.3 Å². The Kier molecular flexibility index (Phi) is 13.9. The molecule has 2 heterocycles. The number of H-pyrrole nitrogens is 1. The van der Waals surface area contributed by atoms with Crippen molar-refractivity contribution in [2.24, 2.45) is 11.8 Å². The first-order valence-corrected chi connectivity index (χ1v) is 20.8. The minimum Gasteiger partial charge on any atom is -0.506 e. The van der Waals surface area contributed by atoms with E-state index >= 15 is 0 Å².